The third-order valence-electron chi connectivity index (χ3n) is 5.06. The molecule has 3 rings (SSSR count). The molecular formula is C16H22N4O3. The third-order valence-corrected chi connectivity index (χ3v) is 5.06. The van der Waals surface area contributed by atoms with Crippen molar-refractivity contribution >= 4 is 11.7 Å². The average molecular weight is 318 g/mol. The maximum absolute atomic E-state index is 11.6. The number of nitrogens with zero attached hydrogens (tertiary/aromatic N) is 2. The van der Waals surface area contributed by atoms with Crippen LogP contribution in [0, 0.1) is 21.4 Å². The van der Waals surface area contributed by atoms with Gasteiger partial charge in [0.1, 0.15) is 0 Å². The third kappa shape index (κ3) is 3.44. The summed E-state index contributed by atoms with van der Waals surface area (Å²) < 4.78 is 0. The highest BCUT2D eigenvalue weighted by Gasteiger charge is 2.42. The predicted octanol–water partition coefficient (Wildman–Crippen LogP) is 1.52. The standard InChI is InChI=1S/C16H22N4O3/c17-15(21)19-9-13-7-16(11-19,10-18-8-13)6-5-12-1-3-14(4-2-12)20(22)23/h1-4,13,18H,5-11H2,(H2,17,21). The van der Waals surface area contributed by atoms with Crippen LogP contribution < -0.4 is 11.1 Å². The highest BCUT2D eigenvalue weighted by atomic mass is 16.6. The molecular weight excluding hydrogens is 296 g/mol. The summed E-state index contributed by atoms with van der Waals surface area (Å²) in [5.41, 5.74) is 6.74. The molecule has 2 unspecified atom stereocenters. The Morgan fingerprint density at radius 3 is 2.83 bits per heavy atom. The zero-order valence-corrected chi connectivity index (χ0v) is 13.0. The van der Waals surface area contributed by atoms with Crippen molar-refractivity contribution in [1.29, 1.82) is 0 Å². The molecule has 2 atom stereocenters. The Morgan fingerprint density at radius 2 is 2.17 bits per heavy atom. The molecule has 2 bridgehead atoms. The summed E-state index contributed by atoms with van der Waals surface area (Å²) in [6.07, 6.45) is 2.90. The van der Waals surface area contributed by atoms with Crippen LogP contribution in [0.2, 0.25) is 0 Å². The lowest BCUT2D eigenvalue weighted by Crippen LogP contribution is -2.59. The Bertz CT molecular complexity index is 604. The van der Waals surface area contributed by atoms with Gasteiger partial charge in [-0.2, -0.15) is 0 Å². The quantitative estimate of drug-likeness (QED) is 0.649. The van der Waals surface area contributed by atoms with E-state index >= 15 is 0 Å². The van der Waals surface area contributed by atoms with E-state index in [-0.39, 0.29) is 22.1 Å². The number of urea groups is 1. The number of primary amides is 1. The van der Waals surface area contributed by atoms with Gasteiger partial charge in [-0.3, -0.25) is 10.1 Å². The largest absolute Gasteiger partial charge is 0.351 e. The van der Waals surface area contributed by atoms with Gasteiger partial charge in [-0.15, -0.1) is 0 Å². The van der Waals surface area contributed by atoms with Crippen molar-refractivity contribution in [3.63, 3.8) is 0 Å². The van der Waals surface area contributed by atoms with E-state index in [4.69, 9.17) is 5.73 Å². The number of amides is 2. The number of nitro groups is 1. The first kappa shape index (κ1) is 15.7. The summed E-state index contributed by atoms with van der Waals surface area (Å²) in [5.74, 6) is 0.460. The summed E-state index contributed by atoms with van der Waals surface area (Å²) in [4.78, 5) is 23.7. The van der Waals surface area contributed by atoms with E-state index in [1.165, 1.54) is 0 Å². The Morgan fingerprint density at radius 1 is 1.43 bits per heavy atom. The number of nitrogens with one attached hydrogen (secondary N) is 1. The van der Waals surface area contributed by atoms with Crippen LogP contribution in [0.25, 0.3) is 0 Å². The Hall–Kier alpha value is -2.15. The van der Waals surface area contributed by atoms with E-state index in [9.17, 15) is 14.9 Å². The smallest absolute Gasteiger partial charge is 0.314 e. The molecule has 2 aliphatic heterocycles. The van der Waals surface area contributed by atoms with Crippen LogP contribution in [0.15, 0.2) is 24.3 Å². The van der Waals surface area contributed by atoms with Crippen LogP contribution in [0.3, 0.4) is 0 Å². The number of aryl methyl sites for hydroxylation is 1. The fourth-order valence-corrected chi connectivity index (χ4v) is 3.96. The Balaban J connectivity index is 1.67. The molecule has 2 amide bonds. The number of nitrogens with two attached hydrogens (primary N) is 1. The molecule has 0 saturated carbocycles. The van der Waals surface area contributed by atoms with E-state index < -0.39 is 0 Å². The Kier molecular flexibility index (Phi) is 4.21. The molecule has 0 spiro atoms. The SMILES string of the molecule is NC(=O)N1CC2CNCC(CCc3ccc([N+](=O)[O-])cc3)(C2)C1. The van der Waals surface area contributed by atoms with Crippen molar-refractivity contribution in [2.75, 3.05) is 26.2 Å². The number of piperidine rings is 2. The second kappa shape index (κ2) is 6.16. The molecule has 2 heterocycles. The highest BCUT2D eigenvalue weighted by Crippen LogP contribution is 2.39. The van der Waals surface area contributed by atoms with Gasteiger partial charge in [0, 0.05) is 37.2 Å². The van der Waals surface area contributed by atoms with Crippen molar-refractivity contribution in [2.45, 2.75) is 19.3 Å². The normalized spacial score (nSPS) is 26.8. The Labute approximate surface area is 135 Å². The van der Waals surface area contributed by atoms with Gasteiger partial charge in [0.25, 0.3) is 5.69 Å². The molecule has 0 radical (unpaired) electrons. The summed E-state index contributed by atoms with van der Waals surface area (Å²) >= 11 is 0. The van der Waals surface area contributed by atoms with Gasteiger partial charge < -0.3 is 16.0 Å². The van der Waals surface area contributed by atoms with Gasteiger partial charge in [-0.05, 0) is 37.3 Å². The van der Waals surface area contributed by atoms with E-state index in [0.29, 0.717) is 12.5 Å². The lowest BCUT2D eigenvalue weighted by molar-refractivity contribution is -0.384. The summed E-state index contributed by atoms with van der Waals surface area (Å²) in [6, 6.07) is 6.39. The van der Waals surface area contributed by atoms with Gasteiger partial charge in [-0.1, -0.05) is 12.1 Å². The molecule has 1 aromatic carbocycles. The van der Waals surface area contributed by atoms with Crippen molar-refractivity contribution < 1.29 is 9.72 Å². The molecule has 0 aliphatic carbocycles. The number of carbonyl (C=O) groups excluding carboxylic acids is 1. The number of hydrogen-bond acceptors (Lipinski definition) is 4. The van der Waals surface area contributed by atoms with Crippen LogP contribution in [-0.2, 0) is 6.42 Å². The van der Waals surface area contributed by atoms with Crippen molar-refractivity contribution in [3.05, 3.63) is 39.9 Å². The van der Waals surface area contributed by atoms with E-state index in [2.05, 4.69) is 5.32 Å². The minimum absolute atomic E-state index is 0.0535. The topological polar surface area (TPSA) is 102 Å². The molecule has 2 aliphatic rings. The number of benzene rings is 1. The summed E-state index contributed by atoms with van der Waals surface area (Å²) in [5, 5.41) is 14.2. The van der Waals surface area contributed by atoms with Crippen LogP contribution in [-0.4, -0.2) is 42.0 Å². The number of non-ortho nitro benzene ring substituents is 1. The first-order valence-corrected chi connectivity index (χ1v) is 7.96. The fraction of sp³-hybridized carbons (Fsp3) is 0.562. The molecule has 7 heteroatoms. The first-order valence-electron chi connectivity index (χ1n) is 7.96. The van der Waals surface area contributed by atoms with Crippen molar-refractivity contribution in [2.24, 2.45) is 17.1 Å². The molecule has 2 fully saturated rings. The second-order valence-electron chi connectivity index (χ2n) is 6.84. The molecule has 3 N–H and O–H groups in total. The maximum Gasteiger partial charge on any atom is 0.314 e. The van der Waals surface area contributed by atoms with Crippen LogP contribution in [0.4, 0.5) is 10.5 Å². The van der Waals surface area contributed by atoms with Gasteiger partial charge >= 0.3 is 6.03 Å². The first-order chi connectivity index (χ1) is 11.0. The number of likely N-dealkylation sites (tertiary alicyclic amines) is 1. The molecule has 23 heavy (non-hydrogen) atoms. The lowest BCUT2D eigenvalue weighted by Gasteiger charge is -2.49. The number of hydrogen-bond donors (Lipinski definition) is 2. The van der Waals surface area contributed by atoms with Crippen molar-refractivity contribution in [1.82, 2.24) is 10.2 Å². The van der Waals surface area contributed by atoms with Crippen molar-refractivity contribution in [3.8, 4) is 0 Å². The zero-order chi connectivity index (χ0) is 16.4. The maximum atomic E-state index is 11.6. The molecule has 2 saturated heterocycles. The number of rotatable bonds is 4. The molecule has 1 aromatic rings. The average Bonchev–Trinajstić information content (AvgIpc) is 2.53. The second-order valence-corrected chi connectivity index (χ2v) is 6.84. The summed E-state index contributed by atoms with van der Waals surface area (Å²) in [7, 11) is 0. The minimum Gasteiger partial charge on any atom is -0.351 e. The lowest BCUT2D eigenvalue weighted by atomic mass is 9.69. The van der Waals surface area contributed by atoms with Gasteiger partial charge in [0.2, 0.25) is 0 Å². The highest BCUT2D eigenvalue weighted by molar-refractivity contribution is 5.72. The van der Waals surface area contributed by atoms with Gasteiger partial charge in [0.05, 0.1) is 4.92 Å². The van der Waals surface area contributed by atoms with Gasteiger partial charge in [0.15, 0.2) is 0 Å². The molecule has 7 nitrogen and oxygen atoms in total. The molecule has 0 aromatic heterocycles. The predicted molar refractivity (Wildman–Crippen MR) is 86.0 cm³/mol. The molecule has 124 valence electrons. The number of nitro benzene ring substituents is 1. The van der Waals surface area contributed by atoms with E-state index in [1.807, 2.05) is 12.1 Å². The van der Waals surface area contributed by atoms with Crippen LogP contribution in [0.5, 0.6) is 0 Å². The number of carbonyl (C=O) groups is 1. The monoisotopic (exact) mass is 318 g/mol. The van der Waals surface area contributed by atoms with Gasteiger partial charge in [-0.25, -0.2) is 4.79 Å². The van der Waals surface area contributed by atoms with Crippen LogP contribution in [0.1, 0.15) is 18.4 Å². The van der Waals surface area contributed by atoms with E-state index in [1.54, 1.807) is 17.0 Å². The minimum atomic E-state index is -0.385. The van der Waals surface area contributed by atoms with E-state index in [0.717, 1.165) is 44.5 Å². The van der Waals surface area contributed by atoms with Crippen LogP contribution >= 0.6 is 0 Å². The fourth-order valence-electron chi connectivity index (χ4n) is 3.96. The zero-order valence-electron chi connectivity index (χ0n) is 13.0. The number of fused-ring (bicyclic) bond motifs is 2. The summed E-state index contributed by atoms with van der Waals surface area (Å²) in [6.45, 7) is 3.25.